The number of thiazole rings is 1. The first-order valence-corrected chi connectivity index (χ1v) is 12.9. The normalized spacial score (nSPS) is 17.9. The van der Waals surface area contributed by atoms with Gasteiger partial charge in [-0.3, -0.25) is 4.79 Å². The van der Waals surface area contributed by atoms with Crippen molar-refractivity contribution >= 4 is 42.8 Å². The van der Waals surface area contributed by atoms with Crippen LogP contribution >= 0.6 is 11.3 Å². The van der Waals surface area contributed by atoms with Gasteiger partial charge >= 0.3 is 12.3 Å². The number of piperazine rings is 1. The molecule has 1 atom stereocenters. The number of sulfonamides is 1. The third-order valence-corrected chi connectivity index (χ3v) is 8.32. The Hall–Kier alpha value is -3.04. The van der Waals surface area contributed by atoms with Crippen LogP contribution < -0.4 is 9.64 Å². The van der Waals surface area contributed by atoms with Crippen LogP contribution in [-0.2, 0) is 20.2 Å². The number of halogens is 3. The van der Waals surface area contributed by atoms with Gasteiger partial charge in [-0.25, -0.2) is 18.4 Å². The van der Waals surface area contributed by atoms with Crippen LogP contribution in [-0.4, -0.2) is 70.8 Å². The Balaban J connectivity index is 1.57. The number of benzene rings is 1. The summed E-state index contributed by atoms with van der Waals surface area (Å²) >= 11 is 1.27. The first-order valence-electron chi connectivity index (χ1n) is 10.6. The van der Waals surface area contributed by atoms with Gasteiger partial charge in [0.25, 0.3) is 0 Å². The first kappa shape index (κ1) is 26.0. The van der Waals surface area contributed by atoms with Gasteiger partial charge in [-0.05, 0) is 24.3 Å². The van der Waals surface area contributed by atoms with E-state index >= 15 is 0 Å². The molecule has 0 amide bonds. The number of carboxylic acids is 1. The standard InChI is InChI=1S/C21H22F3N5O5S2/c1-20(2,3)18-25-10-15-16(26-18)27-19(35-15)28-8-9-29(14(11-28)17(30)31)36(32,33)13-6-4-12(5-7-13)34-21(22,23)24/h4-7,10,14H,8-9,11H2,1-3H3,(H,30,31)/t14-/m1/s1. The van der Waals surface area contributed by atoms with Crippen LogP contribution in [0.25, 0.3) is 10.3 Å². The molecule has 194 valence electrons. The quantitative estimate of drug-likeness (QED) is 0.514. The zero-order chi connectivity index (χ0) is 26.5. The third-order valence-electron chi connectivity index (χ3n) is 5.36. The number of aliphatic carboxylic acids is 1. The van der Waals surface area contributed by atoms with E-state index in [0.29, 0.717) is 21.3 Å². The lowest BCUT2D eigenvalue weighted by Gasteiger charge is -2.38. The number of nitrogens with zero attached hydrogens (tertiary/aromatic N) is 5. The van der Waals surface area contributed by atoms with Crippen molar-refractivity contribution in [1.82, 2.24) is 19.3 Å². The Morgan fingerprint density at radius 1 is 1.14 bits per heavy atom. The highest BCUT2D eigenvalue weighted by Gasteiger charge is 2.41. The number of fused-ring (bicyclic) bond motifs is 1. The molecular formula is C21H22F3N5O5S2. The second-order valence-corrected chi connectivity index (χ2v) is 12.0. The minimum absolute atomic E-state index is 0.150. The monoisotopic (exact) mass is 545 g/mol. The molecule has 0 unspecified atom stereocenters. The molecule has 0 spiro atoms. The molecule has 2 aromatic heterocycles. The van der Waals surface area contributed by atoms with E-state index in [1.807, 2.05) is 20.8 Å². The predicted octanol–water partition coefficient (Wildman–Crippen LogP) is 3.25. The number of ether oxygens (including phenoxy) is 1. The largest absolute Gasteiger partial charge is 0.573 e. The van der Waals surface area contributed by atoms with Crippen LogP contribution in [0.15, 0.2) is 35.4 Å². The Kier molecular flexibility index (Phi) is 6.59. The van der Waals surface area contributed by atoms with Crippen LogP contribution in [0.4, 0.5) is 18.3 Å². The molecule has 0 radical (unpaired) electrons. The van der Waals surface area contributed by atoms with Crippen molar-refractivity contribution in [2.24, 2.45) is 0 Å². The van der Waals surface area contributed by atoms with E-state index in [0.717, 1.165) is 28.6 Å². The average molecular weight is 546 g/mol. The average Bonchev–Trinajstić information content (AvgIpc) is 3.21. The van der Waals surface area contributed by atoms with Gasteiger partial charge in [0.15, 0.2) is 10.8 Å². The highest BCUT2D eigenvalue weighted by molar-refractivity contribution is 7.89. The van der Waals surface area contributed by atoms with Crippen LogP contribution in [0.1, 0.15) is 26.6 Å². The first-order chi connectivity index (χ1) is 16.6. The summed E-state index contributed by atoms with van der Waals surface area (Å²) < 4.78 is 68.8. The van der Waals surface area contributed by atoms with Crippen molar-refractivity contribution in [3.8, 4) is 5.75 Å². The number of alkyl halides is 3. The Labute approximate surface area is 208 Å². The zero-order valence-corrected chi connectivity index (χ0v) is 21.0. The second kappa shape index (κ2) is 9.12. The molecule has 15 heteroatoms. The molecule has 4 rings (SSSR count). The number of carboxylic acid groups (broad SMARTS) is 1. The molecule has 1 aliphatic rings. The number of carbonyl (C=O) groups is 1. The minimum Gasteiger partial charge on any atom is -0.480 e. The lowest BCUT2D eigenvalue weighted by molar-refractivity contribution is -0.274. The van der Waals surface area contributed by atoms with Crippen molar-refractivity contribution in [2.75, 3.05) is 24.5 Å². The maximum atomic E-state index is 13.2. The minimum atomic E-state index is -4.92. The van der Waals surface area contributed by atoms with E-state index in [-0.39, 0.29) is 29.9 Å². The fourth-order valence-corrected chi connectivity index (χ4v) is 6.08. The molecule has 1 aromatic carbocycles. The number of anilines is 1. The van der Waals surface area contributed by atoms with Gasteiger partial charge in [-0.2, -0.15) is 9.29 Å². The molecular weight excluding hydrogens is 523 g/mol. The molecule has 1 fully saturated rings. The summed E-state index contributed by atoms with van der Waals surface area (Å²) in [5.41, 5.74) is 0.182. The lowest BCUT2D eigenvalue weighted by atomic mass is 9.96. The summed E-state index contributed by atoms with van der Waals surface area (Å²) in [6.45, 7) is 5.70. The summed E-state index contributed by atoms with van der Waals surface area (Å²) in [4.78, 5) is 26.8. The molecule has 0 bridgehead atoms. The number of rotatable bonds is 5. The Morgan fingerprint density at radius 2 is 1.81 bits per heavy atom. The summed E-state index contributed by atoms with van der Waals surface area (Å²) in [6.07, 6.45) is -3.27. The van der Waals surface area contributed by atoms with Gasteiger partial charge in [0, 0.05) is 25.0 Å². The third kappa shape index (κ3) is 5.37. The maximum absolute atomic E-state index is 13.2. The molecule has 1 N–H and O–H groups in total. The maximum Gasteiger partial charge on any atom is 0.573 e. The van der Waals surface area contributed by atoms with Gasteiger partial charge in [0.1, 0.15) is 17.6 Å². The molecule has 3 heterocycles. The number of hydrogen-bond donors (Lipinski definition) is 1. The number of aromatic nitrogens is 3. The fraction of sp³-hybridized carbons (Fsp3) is 0.429. The van der Waals surface area contributed by atoms with Crippen LogP contribution in [0.3, 0.4) is 0 Å². The second-order valence-electron chi connectivity index (χ2n) is 9.06. The SMILES string of the molecule is CC(C)(C)c1ncc2sc(N3CCN(S(=O)(=O)c4ccc(OC(F)(F)F)cc4)[C@@H](C(=O)O)C3)nc2n1. The summed E-state index contributed by atoms with van der Waals surface area (Å²) in [5.74, 6) is -1.34. The van der Waals surface area contributed by atoms with Crippen molar-refractivity contribution < 1.29 is 36.2 Å². The van der Waals surface area contributed by atoms with Crippen molar-refractivity contribution in [2.45, 2.75) is 43.5 Å². The van der Waals surface area contributed by atoms with Gasteiger partial charge in [0.2, 0.25) is 10.0 Å². The molecule has 1 saturated heterocycles. The van der Waals surface area contributed by atoms with Gasteiger partial charge in [-0.15, -0.1) is 13.2 Å². The lowest BCUT2D eigenvalue weighted by Crippen LogP contribution is -2.58. The van der Waals surface area contributed by atoms with Crippen LogP contribution in [0.2, 0.25) is 0 Å². The molecule has 10 nitrogen and oxygen atoms in total. The highest BCUT2D eigenvalue weighted by Crippen LogP contribution is 2.32. The number of hydrogen-bond acceptors (Lipinski definition) is 9. The van der Waals surface area contributed by atoms with E-state index in [4.69, 9.17) is 0 Å². The Morgan fingerprint density at radius 3 is 2.39 bits per heavy atom. The molecule has 1 aliphatic heterocycles. The van der Waals surface area contributed by atoms with Crippen LogP contribution in [0.5, 0.6) is 5.75 Å². The predicted molar refractivity (Wildman–Crippen MR) is 125 cm³/mol. The van der Waals surface area contributed by atoms with E-state index in [2.05, 4.69) is 19.7 Å². The Bertz CT molecular complexity index is 1390. The smallest absolute Gasteiger partial charge is 0.480 e. The van der Waals surface area contributed by atoms with E-state index < -0.39 is 34.1 Å². The molecule has 0 aliphatic carbocycles. The van der Waals surface area contributed by atoms with Gasteiger partial charge in [-0.1, -0.05) is 32.1 Å². The topological polar surface area (TPSA) is 126 Å². The molecule has 36 heavy (non-hydrogen) atoms. The van der Waals surface area contributed by atoms with Crippen molar-refractivity contribution in [1.29, 1.82) is 0 Å². The zero-order valence-electron chi connectivity index (χ0n) is 19.4. The van der Waals surface area contributed by atoms with Crippen molar-refractivity contribution in [3.05, 3.63) is 36.3 Å². The van der Waals surface area contributed by atoms with E-state index in [1.54, 1.807) is 11.1 Å². The van der Waals surface area contributed by atoms with Gasteiger partial charge < -0.3 is 14.7 Å². The summed E-state index contributed by atoms with van der Waals surface area (Å²) in [7, 11) is -4.32. The van der Waals surface area contributed by atoms with E-state index in [1.165, 1.54) is 11.3 Å². The summed E-state index contributed by atoms with van der Waals surface area (Å²) in [5, 5.41) is 10.3. The molecule has 0 saturated carbocycles. The van der Waals surface area contributed by atoms with E-state index in [9.17, 15) is 31.5 Å². The van der Waals surface area contributed by atoms with Gasteiger partial charge in [0.05, 0.1) is 15.8 Å². The molecule has 3 aromatic rings. The summed E-state index contributed by atoms with van der Waals surface area (Å²) in [6, 6.07) is 2.17. The van der Waals surface area contributed by atoms with Crippen LogP contribution in [0, 0.1) is 0 Å². The highest BCUT2D eigenvalue weighted by atomic mass is 32.2. The fourth-order valence-electron chi connectivity index (χ4n) is 3.60. The van der Waals surface area contributed by atoms with Crippen molar-refractivity contribution in [3.63, 3.8) is 0 Å².